The van der Waals surface area contributed by atoms with Crippen molar-refractivity contribution in [1.29, 1.82) is 0 Å². The number of aromatic nitrogens is 5. The standard InChI is InChI=1S/C27H38ClN9O2/c1-27(2,3)39-26(38)29-12-7-13-37-19-22(34-35-37)17-30-25-32-23(28)16-24(33-25)31-21-10-14-36(15-11-21)18-20-8-5-4-6-9-20/h4-6,8-9,16,19,21H,7,10-15,17-18H2,1-3H3,(H,29,38)(H2,30,31,32,33). The van der Waals surface area contributed by atoms with Crippen LogP contribution in [0, 0.1) is 0 Å². The lowest BCUT2D eigenvalue weighted by Gasteiger charge is -2.32. The van der Waals surface area contributed by atoms with Gasteiger partial charge in [-0.2, -0.15) is 4.98 Å². The molecule has 1 aliphatic heterocycles. The maximum Gasteiger partial charge on any atom is 0.407 e. The Morgan fingerprint density at radius 3 is 2.67 bits per heavy atom. The monoisotopic (exact) mass is 555 g/mol. The normalized spacial score (nSPS) is 14.7. The van der Waals surface area contributed by atoms with Crippen LogP contribution in [0.4, 0.5) is 16.6 Å². The molecule has 1 aromatic carbocycles. The summed E-state index contributed by atoms with van der Waals surface area (Å²) in [6.07, 6.45) is 4.21. The first-order valence-electron chi connectivity index (χ1n) is 13.4. The minimum absolute atomic E-state index is 0.334. The van der Waals surface area contributed by atoms with Crippen LogP contribution in [0.2, 0.25) is 5.15 Å². The zero-order valence-corrected chi connectivity index (χ0v) is 23.6. The van der Waals surface area contributed by atoms with Crippen LogP contribution < -0.4 is 16.0 Å². The van der Waals surface area contributed by atoms with E-state index in [4.69, 9.17) is 16.3 Å². The van der Waals surface area contributed by atoms with E-state index in [1.165, 1.54) is 5.56 Å². The summed E-state index contributed by atoms with van der Waals surface area (Å²) >= 11 is 6.29. The predicted molar refractivity (Wildman–Crippen MR) is 152 cm³/mol. The van der Waals surface area contributed by atoms with Gasteiger partial charge in [-0.3, -0.25) is 9.58 Å². The first-order chi connectivity index (χ1) is 18.7. The maximum absolute atomic E-state index is 11.7. The molecule has 1 amide bonds. The summed E-state index contributed by atoms with van der Waals surface area (Å²) in [5.41, 5.74) is 1.58. The van der Waals surface area contributed by atoms with Gasteiger partial charge in [0.25, 0.3) is 0 Å². The number of amides is 1. The summed E-state index contributed by atoms with van der Waals surface area (Å²) in [4.78, 5) is 23.1. The van der Waals surface area contributed by atoms with Crippen molar-refractivity contribution >= 4 is 29.5 Å². The van der Waals surface area contributed by atoms with Crippen molar-refractivity contribution in [2.75, 3.05) is 30.3 Å². The number of carbonyl (C=O) groups excluding carboxylic acids is 1. The fourth-order valence-electron chi connectivity index (χ4n) is 4.30. The van der Waals surface area contributed by atoms with Crippen molar-refractivity contribution in [1.82, 2.24) is 35.2 Å². The van der Waals surface area contributed by atoms with Crippen molar-refractivity contribution in [3.63, 3.8) is 0 Å². The largest absolute Gasteiger partial charge is 0.444 e. The molecule has 12 heteroatoms. The number of benzene rings is 1. The molecule has 1 aliphatic rings. The number of alkyl carbamates (subject to hydrolysis) is 1. The first kappa shape index (κ1) is 28.6. The molecular formula is C27H38ClN9O2. The number of likely N-dealkylation sites (tertiary alicyclic amines) is 1. The van der Waals surface area contributed by atoms with Gasteiger partial charge in [0.1, 0.15) is 22.3 Å². The van der Waals surface area contributed by atoms with E-state index in [2.05, 4.69) is 71.5 Å². The van der Waals surface area contributed by atoms with Gasteiger partial charge >= 0.3 is 6.09 Å². The van der Waals surface area contributed by atoms with Crippen molar-refractivity contribution in [3.8, 4) is 0 Å². The Kier molecular flexibility index (Phi) is 9.94. The van der Waals surface area contributed by atoms with Crippen molar-refractivity contribution in [2.24, 2.45) is 0 Å². The highest BCUT2D eigenvalue weighted by Crippen LogP contribution is 2.20. The van der Waals surface area contributed by atoms with E-state index in [-0.39, 0.29) is 0 Å². The third kappa shape index (κ3) is 9.99. The smallest absolute Gasteiger partial charge is 0.407 e. The average Bonchev–Trinajstić information content (AvgIpc) is 3.34. The summed E-state index contributed by atoms with van der Waals surface area (Å²) < 4.78 is 6.97. The second-order valence-electron chi connectivity index (χ2n) is 10.7. The topological polar surface area (TPSA) is 122 Å². The number of ether oxygens (including phenoxy) is 1. The molecule has 0 radical (unpaired) electrons. The molecule has 0 atom stereocenters. The molecule has 11 nitrogen and oxygen atoms in total. The highest BCUT2D eigenvalue weighted by Gasteiger charge is 2.20. The quantitative estimate of drug-likeness (QED) is 0.234. The van der Waals surface area contributed by atoms with E-state index in [1.807, 2.05) is 27.0 Å². The minimum Gasteiger partial charge on any atom is -0.444 e. The Morgan fingerprint density at radius 2 is 1.92 bits per heavy atom. The highest BCUT2D eigenvalue weighted by molar-refractivity contribution is 6.29. The third-order valence-corrected chi connectivity index (χ3v) is 6.32. The molecule has 1 fully saturated rings. The van der Waals surface area contributed by atoms with Gasteiger partial charge in [0.2, 0.25) is 5.95 Å². The summed E-state index contributed by atoms with van der Waals surface area (Å²) in [7, 11) is 0. The van der Waals surface area contributed by atoms with Crippen LogP contribution in [0.1, 0.15) is 51.3 Å². The number of carbonyl (C=O) groups is 1. The number of aryl methyl sites for hydroxylation is 1. The summed E-state index contributed by atoms with van der Waals surface area (Å²) in [6.45, 7) is 10.1. The Morgan fingerprint density at radius 1 is 1.15 bits per heavy atom. The van der Waals surface area contributed by atoms with Crippen LogP contribution in [0.3, 0.4) is 0 Å². The van der Waals surface area contributed by atoms with Crippen LogP contribution in [-0.4, -0.2) is 67.2 Å². The lowest BCUT2D eigenvalue weighted by atomic mass is 10.0. The van der Waals surface area contributed by atoms with E-state index in [1.54, 1.807) is 10.7 Å². The van der Waals surface area contributed by atoms with Gasteiger partial charge in [0, 0.05) is 44.8 Å². The lowest BCUT2D eigenvalue weighted by Crippen LogP contribution is -2.38. The van der Waals surface area contributed by atoms with Gasteiger partial charge in [0.05, 0.1) is 12.7 Å². The zero-order valence-electron chi connectivity index (χ0n) is 22.9. The molecule has 0 saturated carbocycles. The molecule has 0 bridgehead atoms. The Balaban J connectivity index is 1.19. The van der Waals surface area contributed by atoms with Crippen LogP contribution >= 0.6 is 11.6 Å². The summed E-state index contributed by atoms with van der Waals surface area (Å²) in [5, 5.41) is 18.2. The molecule has 1 saturated heterocycles. The van der Waals surface area contributed by atoms with Crippen molar-refractivity contribution < 1.29 is 9.53 Å². The number of halogens is 1. The lowest BCUT2D eigenvalue weighted by molar-refractivity contribution is 0.0526. The average molecular weight is 556 g/mol. The maximum atomic E-state index is 11.7. The number of piperidine rings is 1. The van der Waals surface area contributed by atoms with Gasteiger partial charge in [-0.05, 0) is 45.6 Å². The molecule has 0 spiro atoms. The molecule has 4 rings (SSSR count). The molecule has 3 heterocycles. The van der Waals surface area contributed by atoms with Crippen molar-refractivity contribution in [3.05, 3.63) is 59.0 Å². The molecule has 3 aromatic rings. The molecule has 3 N–H and O–H groups in total. The molecule has 39 heavy (non-hydrogen) atoms. The number of nitrogens with zero attached hydrogens (tertiary/aromatic N) is 6. The van der Waals surface area contributed by atoms with Gasteiger partial charge in [-0.15, -0.1) is 5.10 Å². The fourth-order valence-corrected chi connectivity index (χ4v) is 4.48. The van der Waals surface area contributed by atoms with E-state index < -0.39 is 11.7 Å². The van der Waals surface area contributed by atoms with Crippen LogP contribution in [0.5, 0.6) is 0 Å². The molecule has 0 unspecified atom stereocenters. The third-order valence-electron chi connectivity index (χ3n) is 6.13. The summed E-state index contributed by atoms with van der Waals surface area (Å²) in [5.74, 6) is 1.14. The number of rotatable bonds is 11. The van der Waals surface area contributed by atoms with Crippen LogP contribution in [-0.2, 0) is 24.4 Å². The SMILES string of the molecule is CC(C)(C)OC(=O)NCCCn1cc(CNc2nc(Cl)cc(NC3CCN(Cc4ccccc4)CC3)n2)nn1. The number of nitrogens with one attached hydrogen (secondary N) is 3. The zero-order chi connectivity index (χ0) is 27.7. The number of anilines is 2. The van der Waals surface area contributed by atoms with E-state index in [0.717, 1.165) is 38.2 Å². The van der Waals surface area contributed by atoms with Gasteiger partial charge < -0.3 is 20.7 Å². The van der Waals surface area contributed by atoms with E-state index in [9.17, 15) is 4.79 Å². The molecule has 210 valence electrons. The van der Waals surface area contributed by atoms with Crippen molar-refractivity contribution in [2.45, 2.75) is 71.3 Å². The van der Waals surface area contributed by atoms with E-state index in [0.29, 0.717) is 49.0 Å². The number of hydrogen-bond acceptors (Lipinski definition) is 9. The fraction of sp³-hybridized carbons (Fsp3) is 0.519. The van der Waals surface area contributed by atoms with E-state index >= 15 is 0 Å². The van der Waals surface area contributed by atoms with Crippen LogP contribution in [0.15, 0.2) is 42.6 Å². The molecule has 2 aromatic heterocycles. The molecule has 0 aliphatic carbocycles. The predicted octanol–water partition coefficient (Wildman–Crippen LogP) is 4.32. The molecular weight excluding hydrogens is 518 g/mol. The number of hydrogen-bond donors (Lipinski definition) is 3. The Labute approximate surface area is 234 Å². The first-order valence-corrected chi connectivity index (χ1v) is 13.8. The second-order valence-corrected chi connectivity index (χ2v) is 11.1. The van der Waals surface area contributed by atoms with Gasteiger partial charge in [0.15, 0.2) is 0 Å². The summed E-state index contributed by atoms with van der Waals surface area (Å²) in [6, 6.07) is 12.7. The highest BCUT2D eigenvalue weighted by atomic mass is 35.5. The van der Waals surface area contributed by atoms with Gasteiger partial charge in [-0.25, -0.2) is 9.78 Å². The second kappa shape index (κ2) is 13.6. The van der Waals surface area contributed by atoms with Gasteiger partial charge in [-0.1, -0.05) is 47.1 Å². The Hall–Kier alpha value is -3.44. The van der Waals surface area contributed by atoms with Crippen LogP contribution in [0.25, 0.3) is 0 Å². The minimum atomic E-state index is -0.512. The Bertz CT molecular complexity index is 1190.